The molecule has 15 heavy (non-hydrogen) atoms. The van der Waals surface area contributed by atoms with Crippen LogP contribution in [0.25, 0.3) is 0 Å². The predicted molar refractivity (Wildman–Crippen MR) is 64.0 cm³/mol. The molecule has 1 heterocycles. The largest absolute Gasteiger partial charge is 0.466 e. The second kappa shape index (κ2) is 5.17. The van der Waals surface area contributed by atoms with Crippen molar-refractivity contribution in [2.75, 3.05) is 7.05 Å². The van der Waals surface area contributed by atoms with Gasteiger partial charge in [-0.15, -0.1) is 6.58 Å². The molecule has 0 saturated heterocycles. The van der Waals surface area contributed by atoms with Crippen LogP contribution in [0.4, 0.5) is 0 Å². The van der Waals surface area contributed by atoms with E-state index in [-0.39, 0.29) is 0 Å². The number of furan rings is 1. The van der Waals surface area contributed by atoms with Crippen molar-refractivity contribution in [1.82, 2.24) is 5.32 Å². The minimum Gasteiger partial charge on any atom is -0.466 e. The zero-order valence-corrected chi connectivity index (χ0v) is 10.2. The lowest BCUT2D eigenvalue weighted by Crippen LogP contribution is -2.16. The molecule has 0 spiro atoms. The Kier molecular flexibility index (Phi) is 4.15. The molecule has 1 N–H and O–H groups in total. The van der Waals surface area contributed by atoms with Gasteiger partial charge in [0.25, 0.3) is 0 Å². The monoisotopic (exact) mass is 207 g/mol. The fraction of sp³-hybridized carbons (Fsp3) is 0.538. The van der Waals surface area contributed by atoms with E-state index in [2.05, 4.69) is 24.9 Å². The van der Waals surface area contributed by atoms with E-state index in [1.807, 2.05) is 20.9 Å². The molecule has 0 aliphatic carbocycles. The maximum Gasteiger partial charge on any atom is 0.105 e. The smallest absolute Gasteiger partial charge is 0.105 e. The van der Waals surface area contributed by atoms with E-state index in [0.29, 0.717) is 6.04 Å². The molecule has 84 valence electrons. The zero-order valence-electron chi connectivity index (χ0n) is 10.2. The van der Waals surface area contributed by atoms with Crippen molar-refractivity contribution < 1.29 is 4.42 Å². The molecule has 0 aromatic carbocycles. The van der Waals surface area contributed by atoms with Crippen LogP contribution in [-0.4, -0.2) is 7.05 Å². The van der Waals surface area contributed by atoms with Crippen LogP contribution >= 0.6 is 0 Å². The van der Waals surface area contributed by atoms with E-state index in [9.17, 15) is 0 Å². The van der Waals surface area contributed by atoms with Crippen LogP contribution in [0.1, 0.15) is 42.9 Å². The molecule has 0 amide bonds. The van der Waals surface area contributed by atoms with Crippen molar-refractivity contribution in [3.05, 3.63) is 35.3 Å². The topological polar surface area (TPSA) is 25.2 Å². The first-order valence-electron chi connectivity index (χ1n) is 5.43. The molecule has 1 unspecified atom stereocenters. The molecule has 1 aromatic heterocycles. The van der Waals surface area contributed by atoms with E-state index < -0.39 is 0 Å². The van der Waals surface area contributed by atoms with Crippen LogP contribution in [0.5, 0.6) is 0 Å². The molecule has 1 aromatic rings. The highest BCUT2D eigenvalue weighted by Crippen LogP contribution is 2.25. The molecule has 0 bridgehead atoms. The Morgan fingerprint density at radius 1 is 1.53 bits per heavy atom. The summed E-state index contributed by atoms with van der Waals surface area (Å²) >= 11 is 0. The van der Waals surface area contributed by atoms with Gasteiger partial charge in [-0.3, -0.25) is 0 Å². The van der Waals surface area contributed by atoms with Crippen molar-refractivity contribution in [2.45, 2.75) is 39.7 Å². The second-order valence-corrected chi connectivity index (χ2v) is 4.21. The molecule has 0 radical (unpaired) electrons. The van der Waals surface area contributed by atoms with Crippen molar-refractivity contribution >= 4 is 0 Å². The highest BCUT2D eigenvalue weighted by Gasteiger charge is 2.14. The SMILES string of the molecule is C=C(C)CCC(NC)c1cc(C)oc1C. The van der Waals surface area contributed by atoms with Gasteiger partial charge in [-0.2, -0.15) is 0 Å². The normalized spacial score (nSPS) is 12.8. The van der Waals surface area contributed by atoms with Crippen LogP contribution in [0.2, 0.25) is 0 Å². The van der Waals surface area contributed by atoms with Gasteiger partial charge in [-0.25, -0.2) is 0 Å². The molecule has 0 fully saturated rings. The zero-order chi connectivity index (χ0) is 11.4. The molecule has 0 aliphatic rings. The summed E-state index contributed by atoms with van der Waals surface area (Å²) in [7, 11) is 1.99. The van der Waals surface area contributed by atoms with Crippen molar-refractivity contribution in [1.29, 1.82) is 0 Å². The Hall–Kier alpha value is -1.02. The summed E-state index contributed by atoms with van der Waals surface area (Å²) in [6.45, 7) is 10.0. The molecule has 0 saturated carbocycles. The summed E-state index contributed by atoms with van der Waals surface area (Å²) in [5.41, 5.74) is 2.50. The minimum absolute atomic E-state index is 0.374. The fourth-order valence-electron chi connectivity index (χ4n) is 1.84. The van der Waals surface area contributed by atoms with Crippen molar-refractivity contribution in [3.8, 4) is 0 Å². The first-order valence-corrected chi connectivity index (χ1v) is 5.43. The number of allylic oxidation sites excluding steroid dienone is 1. The fourth-order valence-corrected chi connectivity index (χ4v) is 1.84. The van der Waals surface area contributed by atoms with Crippen molar-refractivity contribution in [3.63, 3.8) is 0 Å². The number of rotatable bonds is 5. The Labute approximate surface area is 92.4 Å². The summed E-state index contributed by atoms with van der Waals surface area (Å²) in [5.74, 6) is 2.01. The number of aryl methyl sites for hydroxylation is 2. The maximum atomic E-state index is 5.54. The molecular weight excluding hydrogens is 186 g/mol. The molecule has 2 heteroatoms. The third kappa shape index (κ3) is 3.24. The van der Waals surface area contributed by atoms with Gasteiger partial charge in [0, 0.05) is 11.6 Å². The summed E-state index contributed by atoms with van der Waals surface area (Å²) in [5, 5.41) is 3.33. The number of hydrogen-bond donors (Lipinski definition) is 1. The van der Waals surface area contributed by atoms with Crippen LogP contribution in [0, 0.1) is 13.8 Å². The maximum absolute atomic E-state index is 5.54. The molecule has 1 atom stereocenters. The Morgan fingerprint density at radius 3 is 2.60 bits per heavy atom. The third-order valence-corrected chi connectivity index (χ3v) is 2.66. The van der Waals surface area contributed by atoms with Gasteiger partial charge in [0.2, 0.25) is 0 Å². The molecule has 2 nitrogen and oxygen atoms in total. The van der Waals surface area contributed by atoms with E-state index in [0.717, 1.165) is 24.4 Å². The summed E-state index contributed by atoms with van der Waals surface area (Å²) in [4.78, 5) is 0. The van der Waals surface area contributed by atoms with E-state index in [4.69, 9.17) is 4.42 Å². The third-order valence-electron chi connectivity index (χ3n) is 2.66. The van der Waals surface area contributed by atoms with Gasteiger partial charge < -0.3 is 9.73 Å². The summed E-state index contributed by atoms with van der Waals surface area (Å²) in [6.07, 6.45) is 2.13. The first-order chi connectivity index (χ1) is 7.04. The van der Waals surface area contributed by atoms with Crippen molar-refractivity contribution in [2.24, 2.45) is 0 Å². The second-order valence-electron chi connectivity index (χ2n) is 4.21. The molecule has 1 rings (SSSR count). The first kappa shape index (κ1) is 12.1. The van der Waals surface area contributed by atoms with Crippen LogP contribution in [0.3, 0.4) is 0 Å². The highest BCUT2D eigenvalue weighted by molar-refractivity contribution is 5.24. The van der Waals surface area contributed by atoms with Gasteiger partial charge in [0.1, 0.15) is 11.5 Å². The minimum atomic E-state index is 0.374. The predicted octanol–water partition coefficient (Wildman–Crippen LogP) is 3.51. The van der Waals surface area contributed by atoms with E-state index in [1.54, 1.807) is 0 Å². The lowest BCUT2D eigenvalue weighted by molar-refractivity contribution is 0.484. The van der Waals surface area contributed by atoms with Gasteiger partial charge >= 0.3 is 0 Å². The number of hydrogen-bond acceptors (Lipinski definition) is 2. The summed E-state index contributed by atoms with van der Waals surface area (Å²) in [6, 6.07) is 2.49. The van der Waals surface area contributed by atoms with Crippen LogP contribution in [-0.2, 0) is 0 Å². The van der Waals surface area contributed by atoms with Gasteiger partial charge in [0.15, 0.2) is 0 Å². The van der Waals surface area contributed by atoms with E-state index >= 15 is 0 Å². The molecular formula is C13H21NO. The average Bonchev–Trinajstić information content (AvgIpc) is 2.46. The summed E-state index contributed by atoms with van der Waals surface area (Å²) < 4.78 is 5.54. The van der Waals surface area contributed by atoms with Crippen LogP contribution < -0.4 is 5.32 Å². The highest BCUT2D eigenvalue weighted by atomic mass is 16.3. The Bertz CT molecular complexity index is 338. The van der Waals surface area contributed by atoms with Gasteiger partial charge in [-0.1, -0.05) is 5.57 Å². The standard InChI is InChI=1S/C13H21NO/c1-9(2)6-7-13(14-5)12-8-10(3)15-11(12)4/h8,13-14H,1,6-7H2,2-5H3. The quantitative estimate of drug-likeness (QED) is 0.747. The number of nitrogens with one attached hydrogen (secondary N) is 1. The lowest BCUT2D eigenvalue weighted by atomic mass is 10.0. The Balaban J connectivity index is 2.73. The van der Waals surface area contributed by atoms with Gasteiger partial charge in [-0.05, 0) is 46.7 Å². The van der Waals surface area contributed by atoms with Crippen LogP contribution in [0.15, 0.2) is 22.6 Å². The Morgan fingerprint density at radius 2 is 2.20 bits per heavy atom. The molecule has 0 aliphatic heterocycles. The van der Waals surface area contributed by atoms with E-state index in [1.165, 1.54) is 11.1 Å². The lowest BCUT2D eigenvalue weighted by Gasteiger charge is -2.15. The van der Waals surface area contributed by atoms with Gasteiger partial charge in [0.05, 0.1) is 0 Å². The average molecular weight is 207 g/mol.